The standard InChI is InChI=1S/C43H39F3N4O2.Pd/c1-26-12-14-36(28(3)19-26)49(37-15-13-27(2)20-29(37)4)30-21-31(50(43(5,6)7)39-11-9-10-17-48-39)23-33(22-30)52-38-25-34(40(44)42(46)41(38)45)35-24-32(51-8)16-18-47-35;/h9-22,24H,1-8H3;/q-2;+2. The zero-order valence-corrected chi connectivity index (χ0v) is 32.3. The molecule has 0 fully saturated rings. The first-order chi connectivity index (χ1) is 24.7. The Hall–Kier alpha value is -5.17. The van der Waals surface area contributed by atoms with Crippen LogP contribution in [0.2, 0.25) is 0 Å². The van der Waals surface area contributed by atoms with Crippen molar-refractivity contribution in [2.24, 2.45) is 0 Å². The number of methoxy groups -OCH3 is 1. The van der Waals surface area contributed by atoms with Crippen LogP contribution in [-0.4, -0.2) is 22.6 Å². The van der Waals surface area contributed by atoms with E-state index in [4.69, 9.17) is 9.47 Å². The summed E-state index contributed by atoms with van der Waals surface area (Å²) in [5.41, 5.74) is 6.27. The molecule has 0 saturated carbocycles. The van der Waals surface area contributed by atoms with Gasteiger partial charge in [-0.1, -0.05) is 64.5 Å². The van der Waals surface area contributed by atoms with Crippen LogP contribution in [0.15, 0.2) is 91.3 Å². The number of nitrogens with zero attached hydrogens (tertiary/aromatic N) is 4. The number of benzene rings is 4. The summed E-state index contributed by atoms with van der Waals surface area (Å²) in [5.74, 6) is -4.36. The van der Waals surface area contributed by atoms with E-state index in [2.05, 4.69) is 51.3 Å². The molecule has 2 heterocycles. The zero-order chi connectivity index (χ0) is 37.3. The Morgan fingerprint density at radius 1 is 0.698 bits per heavy atom. The Morgan fingerprint density at radius 3 is 1.92 bits per heavy atom. The second kappa shape index (κ2) is 15.8. The van der Waals surface area contributed by atoms with E-state index in [9.17, 15) is 0 Å². The van der Waals surface area contributed by atoms with Crippen LogP contribution >= 0.6 is 0 Å². The number of anilines is 5. The topological polar surface area (TPSA) is 50.7 Å². The first-order valence-corrected chi connectivity index (χ1v) is 16.8. The molecule has 0 N–H and O–H groups in total. The number of aromatic nitrogens is 2. The quantitative estimate of drug-likeness (QED) is 0.0824. The van der Waals surface area contributed by atoms with Crippen molar-refractivity contribution in [1.29, 1.82) is 0 Å². The minimum absolute atomic E-state index is 0. The molecule has 4 aromatic carbocycles. The molecule has 0 aliphatic rings. The van der Waals surface area contributed by atoms with Crippen LogP contribution in [0.5, 0.6) is 17.2 Å². The SMILES string of the molecule is COc1ccnc(-c2[c-]c(Oc3[c-]c(N(c4ccccn4)C(C)(C)C)cc(N(c4ccc(C)cc4C)c4ccc(C)cc4C)c3)c(F)c(F)c2F)c1.[Pd+2]. The summed E-state index contributed by atoms with van der Waals surface area (Å²) in [5, 5.41) is 0. The molecule has 2 aromatic heterocycles. The minimum atomic E-state index is -1.72. The predicted molar refractivity (Wildman–Crippen MR) is 200 cm³/mol. The number of halogens is 3. The van der Waals surface area contributed by atoms with Gasteiger partial charge in [0.2, 0.25) is 0 Å². The zero-order valence-electron chi connectivity index (χ0n) is 30.7. The molecule has 0 bridgehead atoms. The van der Waals surface area contributed by atoms with E-state index in [1.807, 2.05) is 89.8 Å². The Morgan fingerprint density at radius 2 is 1.36 bits per heavy atom. The van der Waals surface area contributed by atoms with Crippen LogP contribution in [0.4, 0.5) is 41.7 Å². The fourth-order valence-corrected chi connectivity index (χ4v) is 6.21. The van der Waals surface area contributed by atoms with E-state index >= 15 is 13.2 Å². The normalized spacial score (nSPS) is 11.2. The summed E-state index contributed by atoms with van der Waals surface area (Å²) in [6, 6.07) is 30.5. The van der Waals surface area contributed by atoms with Crippen LogP contribution in [0.1, 0.15) is 43.0 Å². The molecule has 0 aliphatic heterocycles. The number of hydrogen-bond donors (Lipinski definition) is 0. The van der Waals surface area contributed by atoms with Crippen molar-refractivity contribution < 1.29 is 43.1 Å². The molecule has 0 atom stereocenters. The summed E-state index contributed by atoms with van der Waals surface area (Å²) in [7, 11) is 1.44. The largest absolute Gasteiger partial charge is 2.00 e. The summed E-state index contributed by atoms with van der Waals surface area (Å²) in [6.07, 6.45) is 3.08. The van der Waals surface area contributed by atoms with Crippen molar-refractivity contribution in [1.82, 2.24) is 9.97 Å². The molecule has 0 radical (unpaired) electrons. The first-order valence-electron chi connectivity index (χ1n) is 16.8. The van der Waals surface area contributed by atoms with Crippen LogP contribution < -0.4 is 19.3 Å². The van der Waals surface area contributed by atoms with Gasteiger partial charge in [0.1, 0.15) is 23.2 Å². The average molecular weight is 807 g/mol. The van der Waals surface area contributed by atoms with Crippen molar-refractivity contribution in [3.63, 3.8) is 0 Å². The van der Waals surface area contributed by atoms with Gasteiger partial charge in [0, 0.05) is 35.1 Å². The van der Waals surface area contributed by atoms with Crippen molar-refractivity contribution >= 4 is 28.6 Å². The van der Waals surface area contributed by atoms with Gasteiger partial charge in [0.15, 0.2) is 0 Å². The fourth-order valence-electron chi connectivity index (χ4n) is 6.21. The molecule has 0 amide bonds. The van der Waals surface area contributed by atoms with Crippen LogP contribution in [0, 0.1) is 57.3 Å². The summed E-state index contributed by atoms with van der Waals surface area (Å²) in [4.78, 5) is 12.9. The second-order valence-electron chi connectivity index (χ2n) is 13.7. The molecule has 6 aromatic rings. The van der Waals surface area contributed by atoms with Gasteiger partial charge in [-0.05, 0) is 102 Å². The third-order valence-corrected chi connectivity index (χ3v) is 8.53. The number of aryl methyl sites for hydroxylation is 4. The van der Waals surface area contributed by atoms with Crippen LogP contribution in [-0.2, 0) is 20.4 Å². The van der Waals surface area contributed by atoms with Crippen LogP contribution in [0.3, 0.4) is 0 Å². The second-order valence-corrected chi connectivity index (χ2v) is 13.7. The molecule has 0 aliphatic carbocycles. The number of hydrogen-bond acceptors (Lipinski definition) is 6. The molecular formula is C43H39F3N4O2Pd. The first kappa shape index (κ1) is 39.0. The Labute approximate surface area is 322 Å². The third-order valence-electron chi connectivity index (χ3n) is 8.53. The van der Waals surface area contributed by atoms with Crippen molar-refractivity contribution in [3.05, 3.63) is 143 Å². The molecule has 6 rings (SSSR count). The third kappa shape index (κ3) is 8.25. The molecule has 0 unspecified atom stereocenters. The Kier molecular flexibility index (Phi) is 11.7. The predicted octanol–water partition coefficient (Wildman–Crippen LogP) is 11.6. The molecule has 10 heteroatoms. The number of pyridine rings is 2. The van der Waals surface area contributed by atoms with Crippen LogP contribution in [0.25, 0.3) is 11.3 Å². The molecule has 53 heavy (non-hydrogen) atoms. The van der Waals surface area contributed by atoms with Gasteiger partial charge < -0.3 is 24.3 Å². The average Bonchev–Trinajstić information content (AvgIpc) is 3.10. The maximum Gasteiger partial charge on any atom is 2.00 e. The molecular weight excluding hydrogens is 768 g/mol. The molecule has 274 valence electrons. The van der Waals surface area contributed by atoms with E-state index in [0.29, 0.717) is 22.9 Å². The van der Waals surface area contributed by atoms with E-state index in [1.54, 1.807) is 18.3 Å². The fraction of sp³-hybridized carbons (Fsp3) is 0.209. The van der Waals surface area contributed by atoms with Gasteiger partial charge >= 0.3 is 20.4 Å². The summed E-state index contributed by atoms with van der Waals surface area (Å²) >= 11 is 0. The molecule has 0 saturated heterocycles. The van der Waals surface area contributed by atoms with Gasteiger partial charge in [0.25, 0.3) is 0 Å². The van der Waals surface area contributed by atoms with E-state index in [0.717, 1.165) is 33.6 Å². The Bertz CT molecular complexity index is 2210. The van der Waals surface area contributed by atoms with E-state index in [-0.39, 0.29) is 31.9 Å². The maximum atomic E-state index is 15.6. The Balaban J connectivity index is 0.00000541. The summed E-state index contributed by atoms with van der Waals surface area (Å²) < 4.78 is 57.5. The van der Waals surface area contributed by atoms with Gasteiger partial charge in [-0.25, -0.2) is 9.37 Å². The van der Waals surface area contributed by atoms with Gasteiger partial charge in [-0.15, -0.1) is 18.2 Å². The van der Waals surface area contributed by atoms with E-state index < -0.39 is 34.3 Å². The smallest absolute Gasteiger partial charge is 0.500 e. The monoisotopic (exact) mass is 806 g/mol. The molecule has 6 nitrogen and oxygen atoms in total. The van der Waals surface area contributed by atoms with Gasteiger partial charge in [0.05, 0.1) is 18.7 Å². The molecule has 0 spiro atoms. The number of rotatable bonds is 9. The number of ether oxygens (including phenoxy) is 2. The van der Waals surface area contributed by atoms with Gasteiger partial charge in [-0.2, -0.15) is 0 Å². The van der Waals surface area contributed by atoms with Crippen molar-refractivity contribution in [3.8, 4) is 28.5 Å². The maximum absolute atomic E-state index is 15.6. The minimum Gasteiger partial charge on any atom is -0.500 e. The van der Waals surface area contributed by atoms with Gasteiger partial charge in [-0.3, -0.25) is 8.78 Å². The van der Waals surface area contributed by atoms with Crippen molar-refractivity contribution in [2.45, 2.75) is 54.0 Å². The van der Waals surface area contributed by atoms with E-state index in [1.165, 1.54) is 19.4 Å². The van der Waals surface area contributed by atoms with Crippen molar-refractivity contribution in [2.75, 3.05) is 16.9 Å². The summed E-state index contributed by atoms with van der Waals surface area (Å²) in [6.45, 7) is 14.3.